The van der Waals surface area contributed by atoms with Crippen LogP contribution in [0.15, 0.2) is 59.8 Å². The van der Waals surface area contributed by atoms with Crippen LogP contribution in [0.2, 0.25) is 0 Å². The Kier molecular flexibility index (Phi) is 2.54. The molecule has 0 saturated heterocycles. The summed E-state index contributed by atoms with van der Waals surface area (Å²) in [5.41, 5.74) is 1.23. The first-order valence-corrected chi connectivity index (χ1v) is 6.27. The first kappa shape index (κ1) is 9.73. The summed E-state index contributed by atoms with van der Waals surface area (Å²) in [6.45, 7) is 0. The van der Waals surface area contributed by atoms with E-state index in [-0.39, 0.29) is 6.10 Å². The minimum Gasteiger partial charge on any atom is -0.261 e. The Morgan fingerprint density at radius 1 is 1.06 bits per heavy atom. The molecule has 0 spiro atoms. The fraction of sp³-hybridized carbons (Fsp3) is 0.154. The van der Waals surface area contributed by atoms with Crippen LogP contribution in [-0.4, -0.2) is 5.75 Å². The van der Waals surface area contributed by atoms with Crippen LogP contribution in [0.25, 0.3) is 0 Å². The maximum atomic E-state index is 5.91. The molecule has 0 N–H and O–H groups in total. The molecule has 1 aromatic heterocycles. The summed E-state index contributed by atoms with van der Waals surface area (Å²) in [7, 11) is 0. The molecular weight excluding hydrogens is 218 g/mol. The van der Waals surface area contributed by atoms with Crippen molar-refractivity contribution in [3.05, 3.63) is 60.3 Å². The molecule has 2 nitrogen and oxygen atoms in total. The third-order valence-corrected chi connectivity index (χ3v) is 3.66. The molecule has 0 saturated carbocycles. The van der Waals surface area contributed by atoms with Crippen LogP contribution in [-0.2, 0) is 0 Å². The number of nitrogens with zero attached hydrogens (tertiary/aromatic N) is 1. The number of thioether (sulfide) groups is 1. The molecule has 0 unspecified atom stereocenters. The molecule has 0 amide bonds. The number of hydrogen-bond donors (Lipinski definition) is 0. The SMILES string of the molecule is c1ccc([C@H]2CSc3cccc[n+]3O2)cc1. The van der Waals surface area contributed by atoms with E-state index in [0.29, 0.717) is 0 Å². The van der Waals surface area contributed by atoms with Crippen molar-refractivity contribution in [3.63, 3.8) is 0 Å². The van der Waals surface area contributed by atoms with Gasteiger partial charge in [0.2, 0.25) is 12.3 Å². The van der Waals surface area contributed by atoms with Gasteiger partial charge in [0.25, 0.3) is 5.03 Å². The van der Waals surface area contributed by atoms with Gasteiger partial charge in [0.15, 0.2) is 0 Å². The van der Waals surface area contributed by atoms with Crippen LogP contribution < -0.4 is 9.57 Å². The fourth-order valence-electron chi connectivity index (χ4n) is 1.76. The van der Waals surface area contributed by atoms with Crippen molar-refractivity contribution in [2.24, 2.45) is 0 Å². The summed E-state index contributed by atoms with van der Waals surface area (Å²) in [6.07, 6.45) is 2.10. The summed E-state index contributed by atoms with van der Waals surface area (Å²) in [5.74, 6) is 0.966. The van der Waals surface area contributed by atoms with Crippen molar-refractivity contribution in [2.45, 2.75) is 11.1 Å². The Morgan fingerprint density at radius 2 is 1.88 bits per heavy atom. The van der Waals surface area contributed by atoms with Crippen LogP contribution in [0.3, 0.4) is 0 Å². The number of benzene rings is 1. The van der Waals surface area contributed by atoms with Gasteiger partial charge in [-0.15, -0.1) is 0 Å². The van der Waals surface area contributed by atoms with Crippen molar-refractivity contribution < 1.29 is 9.57 Å². The van der Waals surface area contributed by atoms with Crippen molar-refractivity contribution in [2.75, 3.05) is 5.75 Å². The molecule has 3 rings (SSSR count). The first-order valence-electron chi connectivity index (χ1n) is 5.29. The van der Waals surface area contributed by atoms with Gasteiger partial charge in [-0.1, -0.05) is 30.3 Å². The number of hydrogen-bond acceptors (Lipinski definition) is 2. The van der Waals surface area contributed by atoms with Crippen molar-refractivity contribution in [3.8, 4) is 0 Å². The lowest BCUT2D eigenvalue weighted by Crippen LogP contribution is -2.49. The minimum absolute atomic E-state index is 0.145. The maximum absolute atomic E-state index is 5.91. The first-order chi connectivity index (χ1) is 7.93. The number of aromatic nitrogens is 1. The Morgan fingerprint density at radius 3 is 2.75 bits per heavy atom. The molecule has 1 aliphatic heterocycles. The second-order valence-electron chi connectivity index (χ2n) is 3.68. The lowest BCUT2D eigenvalue weighted by atomic mass is 10.1. The van der Waals surface area contributed by atoms with E-state index >= 15 is 0 Å². The van der Waals surface area contributed by atoms with Gasteiger partial charge in [0, 0.05) is 22.4 Å². The van der Waals surface area contributed by atoms with Crippen LogP contribution in [0.1, 0.15) is 11.7 Å². The summed E-state index contributed by atoms with van der Waals surface area (Å²) in [5, 5.41) is 1.16. The van der Waals surface area contributed by atoms with E-state index in [1.54, 1.807) is 0 Å². The minimum atomic E-state index is 0.145. The smallest absolute Gasteiger partial charge is 0.261 e. The number of pyridine rings is 1. The second-order valence-corrected chi connectivity index (χ2v) is 4.72. The van der Waals surface area contributed by atoms with Gasteiger partial charge in [-0.3, -0.25) is 4.84 Å². The molecule has 0 radical (unpaired) electrons. The monoisotopic (exact) mass is 230 g/mol. The molecule has 2 aromatic rings. The van der Waals surface area contributed by atoms with Gasteiger partial charge in [-0.25, -0.2) is 0 Å². The number of fused-ring (bicyclic) bond motifs is 1. The van der Waals surface area contributed by atoms with E-state index in [1.165, 1.54) is 5.56 Å². The highest BCUT2D eigenvalue weighted by Gasteiger charge is 2.28. The maximum Gasteiger partial charge on any atom is 0.291 e. The highest BCUT2D eigenvalue weighted by Crippen LogP contribution is 2.26. The molecule has 2 heterocycles. The molecule has 0 aliphatic carbocycles. The molecule has 0 fully saturated rings. The van der Waals surface area contributed by atoms with Crippen LogP contribution in [0, 0.1) is 0 Å². The van der Waals surface area contributed by atoms with Gasteiger partial charge in [-0.2, -0.15) is 0 Å². The molecule has 1 aromatic carbocycles. The second kappa shape index (κ2) is 4.18. The fourth-order valence-corrected chi connectivity index (χ4v) is 2.75. The molecule has 16 heavy (non-hydrogen) atoms. The van der Waals surface area contributed by atoms with Gasteiger partial charge in [0.1, 0.15) is 0 Å². The summed E-state index contributed by atoms with van der Waals surface area (Å²) in [6, 6.07) is 16.4. The normalized spacial score (nSPS) is 18.6. The van der Waals surface area contributed by atoms with Crippen molar-refractivity contribution in [1.82, 2.24) is 0 Å². The van der Waals surface area contributed by atoms with E-state index in [9.17, 15) is 0 Å². The van der Waals surface area contributed by atoms with Crippen molar-refractivity contribution in [1.29, 1.82) is 0 Å². The third kappa shape index (κ3) is 1.78. The van der Waals surface area contributed by atoms with Gasteiger partial charge >= 0.3 is 0 Å². The third-order valence-electron chi connectivity index (χ3n) is 2.58. The highest BCUT2D eigenvalue weighted by molar-refractivity contribution is 7.99. The van der Waals surface area contributed by atoms with E-state index in [2.05, 4.69) is 30.3 Å². The van der Waals surface area contributed by atoms with Crippen LogP contribution in [0.5, 0.6) is 0 Å². The van der Waals surface area contributed by atoms with E-state index in [1.807, 2.05) is 40.9 Å². The Labute approximate surface area is 98.8 Å². The molecule has 1 aliphatic rings. The van der Waals surface area contributed by atoms with E-state index < -0.39 is 0 Å². The lowest BCUT2D eigenvalue weighted by Gasteiger charge is -2.17. The van der Waals surface area contributed by atoms with Gasteiger partial charge in [-0.05, 0) is 17.8 Å². The average molecular weight is 230 g/mol. The van der Waals surface area contributed by atoms with E-state index in [0.717, 1.165) is 10.8 Å². The predicted octanol–water partition coefficient (Wildman–Crippen LogP) is 2.25. The molecule has 1 atom stereocenters. The zero-order chi connectivity index (χ0) is 10.8. The van der Waals surface area contributed by atoms with E-state index in [4.69, 9.17) is 4.84 Å². The topological polar surface area (TPSA) is 13.1 Å². The van der Waals surface area contributed by atoms with Crippen molar-refractivity contribution >= 4 is 11.8 Å². The molecule has 80 valence electrons. The Hall–Kier alpha value is -1.48. The predicted molar refractivity (Wildman–Crippen MR) is 63.1 cm³/mol. The summed E-state index contributed by atoms with van der Waals surface area (Å²) in [4.78, 5) is 5.91. The zero-order valence-electron chi connectivity index (χ0n) is 8.74. The largest absolute Gasteiger partial charge is 0.291 e. The molecule has 3 heteroatoms. The standard InChI is InChI=1S/C13H12NOS/c1-2-6-11(7-3-1)12-10-16-13-8-4-5-9-14(13)15-12/h1-9,12H,10H2/q+1/t12-/m1/s1. The zero-order valence-corrected chi connectivity index (χ0v) is 9.56. The lowest BCUT2D eigenvalue weighted by molar-refractivity contribution is -0.929. The highest BCUT2D eigenvalue weighted by atomic mass is 32.2. The Bertz CT molecular complexity index is 486. The summed E-state index contributed by atoms with van der Waals surface area (Å²) >= 11 is 1.83. The molecular formula is C13H12NOS+. The number of rotatable bonds is 1. The Balaban J connectivity index is 1.89. The molecule has 0 bridgehead atoms. The van der Waals surface area contributed by atoms with Crippen LogP contribution >= 0.6 is 11.8 Å². The average Bonchev–Trinajstić information content (AvgIpc) is 2.39. The van der Waals surface area contributed by atoms with Gasteiger partial charge in [0.05, 0.1) is 5.75 Å². The summed E-state index contributed by atoms with van der Waals surface area (Å²) < 4.78 is 1.85. The van der Waals surface area contributed by atoms with Crippen LogP contribution in [0.4, 0.5) is 0 Å². The quantitative estimate of drug-likeness (QED) is 0.697. The van der Waals surface area contributed by atoms with Gasteiger partial charge < -0.3 is 0 Å².